The lowest BCUT2D eigenvalue weighted by molar-refractivity contribution is -0.123. The van der Waals surface area contributed by atoms with Crippen LogP contribution in [0.5, 0.6) is 17.2 Å². The number of carbonyl (C=O) groups excluding carboxylic acids is 2. The number of carbonyl (C=O) groups is 2. The summed E-state index contributed by atoms with van der Waals surface area (Å²) in [4.78, 5) is 26.6. The fourth-order valence-corrected chi connectivity index (χ4v) is 3.74. The molecule has 1 saturated heterocycles. The second-order valence-electron chi connectivity index (χ2n) is 7.34. The van der Waals surface area contributed by atoms with E-state index in [4.69, 9.17) is 14.2 Å². The summed E-state index contributed by atoms with van der Waals surface area (Å²) in [6.45, 7) is 7.59. The Labute approximate surface area is 187 Å². The number of hydrogen-bond acceptors (Lipinski definition) is 6. The molecule has 0 N–H and O–H groups in total. The van der Waals surface area contributed by atoms with Crippen LogP contribution in [0, 0.1) is 5.92 Å². The molecule has 2 amide bonds. The van der Waals surface area contributed by atoms with Crippen molar-refractivity contribution >= 4 is 29.0 Å². The highest BCUT2D eigenvalue weighted by Gasteiger charge is 2.34. The van der Waals surface area contributed by atoms with Crippen LogP contribution < -0.4 is 14.2 Å². The Morgan fingerprint density at radius 3 is 2.48 bits per heavy atom. The van der Waals surface area contributed by atoms with Crippen LogP contribution in [0.1, 0.15) is 26.3 Å². The highest BCUT2D eigenvalue weighted by atomic mass is 32.2. The Morgan fingerprint density at radius 1 is 1.00 bits per heavy atom. The van der Waals surface area contributed by atoms with E-state index < -0.39 is 0 Å². The van der Waals surface area contributed by atoms with Gasteiger partial charge in [-0.25, -0.2) is 0 Å². The van der Waals surface area contributed by atoms with E-state index in [-0.39, 0.29) is 24.3 Å². The first-order chi connectivity index (χ1) is 15.0. The quantitative estimate of drug-likeness (QED) is 0.470. The maximum atomic E-state index is 12.7. The van der Waals surface area contributed by atoms with Crippen molar-refractivity contribution < 1.29 is 23.8 Å². The van der Waals surface area contributed by atoms with Crippen LogP contribution in [0.4, 0.5) is 4.79 Å². The minimum atomic E-state index is -0.315. The predicted octanol–water partition coefficient (Wildman–Crippen LogP) is 5.24. The van der Waals surface area contributed by atoms with Crippen LogP contribution in [0.25, 0.3) is 6.08 Å². The van der Waals surface area contributed by atoms with E-state index in [9.17, 15) is 9.59 Å². The van der Waals surface area contributed by atoms with E-state index in [0.717, 1.165) is 17.3 Å². The van der Waals surface area contributed by atoms with Gasteiger partial charge in [0, 0.05) is 0 Å². The molecular weight excluding hydrogens is 414 g/mol. The topological polar surface area (TPSA) is 65.1 Å². The first-order valence-corrected chi connectivity index (χ1v) is 11.1. The molecule has 0 radical (unpaired) electrons. The van der Waals surface area contributed by atoms with Gasteiger partial charge in [-0.1, -0.05) is 38.1 Å². The maximum Gasteiger partial charge on any atom is 0.293 e. The van der Waals surface area contributed by atoms with Gasteiger partial charge in [0.15, 0.2) is 11.5 Å². The van der Waals surface area contributed by atoms with Crippen LogP contribution >= 0.6 is 11.8 Å². The molecule has 1 aliphatic rings. The number of nitrogens with zero attached hydrogens (tertiary/aromatic N) is 1. The van der Waals surface area contributed by atoms with Crippen molar-refractivity contribution in [1.29, 1.82) is 0 Å². The zero-order valence-electron chi connectivity index (χ0n) is 18.0. The van der Waals surface area contributed by atoms with Gasteiger partial charge < -0.3 is 14.2 Å². The first kappa shape index (κ1) is 22.7. The Hall–Kier alpha value is -2.93. The Kier molecular flexibility index (Phi) is 8.00. The number of thioether (sulfide) groups is 1. The number of benzene rings is 2. The lowest BCUT2D eigenvalue weighted by Gasteiger charge is -2.14. The van der Waals surface area contributed by atoms with Crippen molar-refractivity contribution in [1.82, 2.24) is 4.90 Å². The third kappa shape index (κ3) is 6.28. The van der Waals surface area contributed by atoms with Gasteiger partial charge >= 0.3 is 0 Å². The molecule has 7 heteroatoms. The molecule has 0 aliphatic carbocycles. The smallest absolute Gasteiger partial charge is 0.293 e. The molecule has 1 fully saturated rings. The van der Waals surface area contributed by atoms with E-state index in [1.54, 1.807) is 6.08 Å². The summed E-state index contributed by atoms with van der Waals surface area (Å²) in [5.74, 6) is 2.07. The summed E-state index contributed by atoms with van der Waals surface area (Å²) in [5, 5.41) is -0.296. The fourth-order valence-electron chi connectivity index (χ4n) is 2.87. The molecule has 0 aromatic heterocycles. The summed E-state index contributed by atoms with van der Waals surface area (Å²) >= 11 is 0.931. The molecule has 31 heavy (non-hydrogen) atoms. The summed E-state index contributed by atoms with van der Waals surface area (Å²) in [5.41, 5.74) is 0.770. The summed E-state index contributed by atoms with van der Waals surface area (Å²) in [6.07, 6.45) is 1.71. The van der Waals surface area contributed by atoms with Crippen LogP contribution in [0.2, 0.25) is 0 Å². The second-order valence-corrected chi connectivity index (χ2v) is 8.33. The molecular formula is C24H27NO5S. The van der Waals surface area contributed by atoms with Crippen LogP contribution in [0.3, 0.4) is 0 Å². The van der Waals surface area contributed by atoms with Gasteiger partial charge in [0.25, 0.3) is 11.1 Å². The molecule has 2 aromatic rings. The second kappa shape index (κ2) is 10.9. The number of ether oxygens (including phenoxy) is 3. The normalized spacial score (nSPS) is 15.1. The number of imide groups is 1. The Bertz CT molecular complexity index is 942. The highest BCUT2D eigenvalue weighted by molar-refractivity contribution is 8.18. The number of para-hydroxylation sites is 1. The van der Waals surface area contributed by atoms with Crippen molar-refractivity contribution in [2.75, 3.05) is 26.4 Å². The van der Waals surface area contributed by atoms with Gasteiger partial charge in [0.2, 0.25) is 0 Å². The zero-order valence-corrected chi connectivity index (χ0v) is 18.8. The van der Waals surface area contributed by atoms with Gasteiger partial charge in [0.05, 0.1) is 24.7 Å². The molecule has 6 nitrogen and oxygen atoms in total. The lowest BCUT2D eigenvalue weighted by Crippen LogP contribution is -2.32. The van der Waals surface area contributed by atoms with Crippen LogP contribution in [-0.2, 0) is 4.79 Å². The third-order valence-electron chi connectivity index (χ3n) is 4.34. The Balaban J connectivity index is 1.67. The van der Waals surface area contributed by atoms with E-state index >= 15 is 0 Å². The summed E-state index contributed by atoms with van der Waals surface area (Å²) in [7, 11) is 0. The van der Waals surface area contributed by atoms with Gasteiger partial charge in [-0.3, -0.25) is 14.5 Å². The van der Waals surface area contributed by atoms with Crippen LogP contribution in [0.15, 0.2) is 53.4 Å². The van der Waals surface area contributed by atoms with E-state index in [2.05, 4.69) is 13.8 Å². The van der Waals surface area contributed by atoms with Gasteiger partial charge in [-0.05, 0) is 60.5 Å². The zero-order chi connectivity index (χ0) is 22.2. The van der Waals surface area contributed by atoms with Gasteiger partial charge in [-0.2, -0.15) is 0 Å². The van der Waals surface area contributed by atoms with Crippen LogP contribution in [-0.4, -0.2) is 42.4 Å². The molecule has 0 unspecified atom stereocenters. The minimum absolute atomic E-state index is 0.197. The predicted molar refractivity (Wildman–Crippen MR) is 123 cm³/mol. The average molecular weight is 442 g/mol. The first-order valence-electron chi connectivity index (χ1n) is 10.3. The molecule has 0 saturated carbocycles. The number of rotatable bonds is 10. The number of amides is 2. The molecule has 1 aliphatic heterocycles. The largest absolute Gasteiger partial charge is 0.492 e. The van der Waals surface area contributed by atoms with Crippen molar-refractivity contribution in [3.8, 4) is 17.2 Å². The molecule has 0 bridgehead atoms. The van der Waals surface area contributed by atoms with Crippen molar-refractivity contribution in [2.45, 2.75) is 20.8 Å². The van der Waals surface area contributed by atoms with Crippen molar-refractivity contribution in [3.05, 3.63) is 59.0 Å². The van der Waals surface area contributed by atoms with E-state index in [1.807, 2.05) is 55.5 Å². The molecule has 1 heterocycles. The number of hydrogen-bond donors (Lipinski definition) is 0. The van der Waals surface area contributed by atoms with Crippen molar-refractivity contribution in [2.24, 2.45) is 5.92 Å². The van der Waals surface area contributed by atoms with E-state index in [1.165, 1.54) is 4.90 Å². The lowest BCUT2D eigenvalue weighted by atomic mass is 10.1. The average Bonchev–Trinajstić information content (AvgIpc) is 3.01. The SMILES string of the molecule is CCOc1cc(/C=C2\SC(=O)N(CCOc3ccccc3)C2=O)ccc1OCC(C)C. The molecule has 0 atom stereocenters. The molecule has 0 spiro atoms. The monoisotopic (exact) mass is 441 g/mol. The summed E-state index contributed by atoms with van der Waals surface area (Å²) < 4.78 is 17.1. The summed E-state index contributed by atoms with van der Waals surface area (Å²) in [6, 6.07) is 14.8. The fraction of sp³-hybridized carbons (Fsp3) is 0.333. The maximum absolute atomic E-state index is 12.7. The Morgan fingerprint density at radius 2 is 1.77 bits per heavy atom. The van der Waals surface area contributed by atoms with Crippen molar-refractivity contribution in [3.63, 3.8) is 0 Å². The molecule has 2 aromatic carbocycles. The minimum Gasteiger partial charge on any atom is -0.492 e. The molecule has 3 rings (SSSR count). The molecule has 164 valence electrons. The standard InChI is InChI=1S/C24H27NO5S/c1-4-28-21-14-18(10-11-20(21)30-16-17(2)3)15-22-23(26)25(24(27)31-22)12-13-29-19-8-6-5-7-9-19/h5-11,14-15,17H,4,12-13,16H2,1-3H3/b22-15-. The third-order valence-corrected chi connectivity index (χ3v) is 5.25. The van der Waals surface area contributed by atoms with E-state index in [0.29, 0.717) is 41.3 Å². The van der Waals surface area contributed by atoms with Gasteiger partial charge in [-0.15, -0.1) is 0 Å². The highest BCUT2D eigenvalue weighted by Crippen LogP contribution is 2.34. The van der Waals surface area contributed by atoms with Gasteiger partial charge in [0.1, 0.15) is 12.4 Å².